The minimum atomic E-state index is -3.75. The maximum atomic E-state index is 12.8. The van der Waals surface area contributed by atoms with Crippen molar-refractivity contribution in [2.75, 3.05) is 26.0 Å². The van der Waals surface area contributed by atoms with Crippen LogP contribution in [0.25, 0.3) is 0 Å². The molecule has 0 aliphatic heterocycles. The number of benzene rings is 1. The number of nitrogens with zero attached hydrogens (tertiary/aromatic N) is 1. The number of likely N-dealkylation sites (N-methyl/N-ethyl adjacent to an activating group) is 1. The molecule has 0 spiro atoms. The van der Waals surface area contributed by atoms with E-state index in [4.69, 9.17) is 9.88 Å². The van der Waals surface area contributed by atoms with Crippen molar-refractivity contribution in [3.05, 3.63) is 45.8 Å². The van der Waals surface area contributed by atoms with Crippen LogP contribution in [-0.4, -0.2) is 45.9 Å². The van der Waals surface area contributed by atoms with Crippen molar-refractivity contribution in [2.24, 2.45) is 5.14 Å². The number of hydrogen-bond donors (Lipinski definition) is 2. The number of aryl methyl sites for hydroxylation is 1. The van der Waals surface area contributed by atoms with Crippen molar-refractivity contribution in [1.82, 2.24) is 4.90 Å². The highest BCUT2D eigenvalue weighted by Crippen LogP contribution is 2.38. The fraction of sp³-hybridized carbons (Fsp3) is 0.455. The molecule has 1 atom stereocenters. The summed E-state index contributed by atoms with van der Waals surface area (Å²) in [5.74, 6) is -0.654. The molecule has 1 aromatic heterocycles. The van der Waals surface area contributed by atoms with Gasteiger partial charge in [0.1, 0.15) is 5.00 Å². The van der Waals surface area contributed by atoms with Gasteiger partial charge < -0.3 is 10.1 Å². The van der Waals surface area contributed by atoms with E-state index < -0.39 is 16.0 Å². The average Bonchev–Trinajstić information content (AvgIpc) is 2.91. The van der Waals surface area contributed by atoms with Crippen LogP contribution < -0.4 is 10.5 Å². The molecule has 0 bridgehead atoms. The summed E-state index contributed by atoms with van der Waals surface area (Å²) in [6, 6.07) is 6.14. The Morgan fingerprint density at radius 3 is 2.47 bits per heavy atom. The minimum absolute atomic E-state index is 0.0432. The highest BCUT2D eigenvalue weighted by atomic mass is 32.2. The van der Waals surface area contributed by atoms with Crippen LogP contribution in [0, 0.1) is 0 Å². The molecule has 1 aliphatic rings. The Labute approximate surface area is 192 Å². The molecule has 8 nitrogen and oxygen atoms in total. The maximum absolute atomic E-state index is 12.8. The number of thiophene rings is 1. The summed E-state index contributed by atoms with van der Waals surface area (Å²) in [5, 5.41) is 8.61. The first-order chi connectivity index (χ1) is 15.1. The number of hydrogen-bond acceptors (Lipinski definition) is 7. The molecule has 1 amide bonds. The summed E-state index contributed by atoms with van der Waals surface area (Å²) < 4.78 is 27.9. The molecule has 0 saturated carbocycles. The number of sulfonamides is 1. The summed E-state index contributed by atoms with van der Waals surface area (Å²) in [6.07, 6.45) is 4.95. The van der Waals surface area contributed by atoms with Gasteiger partial charge in [0.25, 0.3) is 0 Å². The fourth-order valence-electron chi connectivity index (χ4n) is 3.87. The predicted molar refractivity (Wildman–Crippen MR) is 124 cm³/mol. The zero-order chi connectivity index (χ0) is 23.5. The van der Waals surface area contributed by atoms with E-state index >= 15 is 0 Å². The van der Waals surface area contributed by atoms with E-state index in [1.807, 2.05) is 18.9 Å². The molecule has 3 rings (SSSR count). The summed E-state index contributed by atoms with van der Waals surface area (Å²) in [4.78, 5) is 28.3. The van der Waals surface area contributed by atoms with Crippen molar-refractivity contribution in [3.63, 3.8) is 0 Å². The van der Waals surface area contributed by atoms with E-state index in [-0.39, 0.29) is 23.4 Å². The highest BCUT2D eigenvalue weighted by molar-refractivity contribution is 7.89. The third-order valence-electron chi connectivity index (χ3n) is 5.81. The Balaban J connectivity index is 1.72. The van der Waals surface area contributed by atoms with Gasteiger partial charge in [-0.3, -0.25) is 9.69 Å². The van der Waals surface area contributed by atoms with Gasteiger partial charge in [0.05, 0.1) is 24.1 Å². The second-order valence-corrected chi connectivity index (χ2v) is 10.7. The lowest BCUT2D eigenvalue weighted by atomic mass is 10.1. The Morgan fingerprint density at radius 2 is 1.84 bits per heavy atom. The molecule has 174 valence electrons. The van der Waals surface area contributed by atoms with Crippen LogP contribution >= 0.6 is 11.3 Å². The second kappa shape index (κ2) is 10.1. The number of carbonyl (C=O) groups excluding carboxylic acids is 2. The van der Waals surface area contributed by atoms with E-state index in [9.17, 15) is 18.0 Å². The number of esters is 1. The van der Waals surface area contributed by atoms with E-state index in [2.05, 4.69) is 5.32 Å². The van der Waals surface area contributed by atoms with Gasteiger partial charge in [-0.25, -0.2) is 18.4 Å². The van der Waals surface area contributed by atoms with Gasteiger partial charge in [0.15, 0.2) is 0 Å². The summed E-state index contributed by atoms with van der Waals surface area (Å²) in [6.45, 7) is 2.02. The number of nitrogens with one attached hydrogen (secondary N) is 1. The lowest BCUT2D eigenvalue weighted by Crippen LogP contribution is -2.32. The first-order valence-corrected chi connectivity index (χ1v) is 12.8. The van der Waals surface area contributed by atoms with Crippen LogP contribution in [0.4, 0.5) is 5.00 Å². The molecule has 1 unspecified atom stereocenters. The summed E-state index contributed by atoms with van der Waals surface area (Å²) >= 11 is 1.46. The zero-order valence-corrected chi connectivity index (χ0v) is 20.1. The van der Waals surface area contributed by atoms with Gasteiger partial charge in [-0.15, -0.1) is 11.3 Å². The number of nitrogens with two attached hydrogens (primary N) is 1. The minimum Gasteiger partial charge on any atom is -0.465 e. The van der Waals surface area contributed by atoms with Crippen LogP contribution in [0.5, 0.6) is 0 Å². The van der Waals surface area contributed by atoms with Crippen molar-refractivity contribution < 1.29 is 22.7 Å². The van der Waals surface area contributed by atoms with Gasteiger partial charge in [-0.2, -0.15) is 0 Å². The van der Waals surface area contributed by atoms with E-state index in [1.54, 1.807) is 12.1 Å². The molecule has 0 saturated heterocycles. The Morgan fingerprint density at radius 1 is 1.19 bits per heavy atom. The van der Waals surface area contributed by atoms with Crippen LogP contribution in [0.2, 0.25) is 0 Å². The first kappa shape index (κ1) is 24.4. The summed E-state index contributed by atoms with van der Waals surface area (Å²) in [7, 11) is -0.590. The summed E-state index contributed by atoms with van der Waals surface area (Å²) in [5.41, 5.74) is 2.34. The van der Waals surface area contributed by atoms with Gasteiger partial charge >= 0.3 is 5.97 Å². The van der Waals surface area contributed by atoms with E-state index in [0.717, 1.165) is 48.1 Å². The topological polar surface area (TPSA) is 119 Å². The molecule has 10 heteroatoms. The highest BCUT2D eigenvalue weighted by Gasteiger charge is 2.27. The normalized spacial score (nSPS) is 15.0. The number of ether oxygens (including phenoxy) is 1. The zero-order valence-electron chi connectivity index (χ0n) is 18.5. The lowest BCUT2D eigenvalue weighted by Gasteiger charge is -2.24. The second-order valence-electron chi connectivity index (χ2n) is 8.01. The molecule has 1 aliphatic carbocycles. The maximum Gasteiger partial charge on any atom is 0.341 e. The number of amides is 1. The third kappa shape index (κ3) is 5.55. The standard InChI is InChI=1S/C22H29N3O5S2/c1-14(15-9-11-16(12-10-15)32(23,28)29)25(2)13-19(26)24-21-20(22(27)30-3)17-7-5-4-6-8-18(17)31-21/h9-12,14H,4-8,13H2,1-3H3,(H,24,26)(H2,23,28,29). The van der Waals surface area contributed by atoms with E-state index in [1.165, 1.54) is 30.6 Å². The molecular weight excluding hydrogens is 450 g/mol. The van der Waals surface area contributed by atoms with Crippen molar-refractivity contribution in [1.29, 1.82) is 0 Å². The number of primary sulfonamides is 1. The van der Waals surface area contributed by atoms with Gasteiger partial charge in [0, 0.05) is 10.9 Å². The van der Waals surface area contributed by atoms with Crippen LogP contribution in [0.3, 0.4) is 0 Å². The fourth-order valence-corrected chi connectivity index (χ4v) is 5.68. The van der Waals surface area contributed by atoms with Gasteiger partial charge in [-0.1, -0.05) is 18.6 Å². The molecule has 1 heterocycles. The van der Waals surface area contributed by atoms with Crippen LogP contribution in [0.1, 0.15) is 58.6 Å². The molecule has 1 aromatic carbocycles. The Kier molecular flexibility index (Phi) is 7.71. The van der Waals surface area contributed by atoms with Crippen molar-refractivity contribution >= 4 is 38.2 Å². The Hall–Kier alpha value is -2.27. The number of rotatable bonds is 7. The molecule has 0 radical (unpaired) electrons. The third-order valence-corrected chi connectivity index (χ3v) is 7.95. The average molecular weight is 480 g/mol. The number of methoxy groups -OCH3 is 1. The first-order valence-electron chi connectivity index (χ1n) is 10.5. The molecule has 32 heavy (non-hydrogen) atoms. The molecule has 2 aromatic rings. The quantitative estimate of drug-likeness (QED) is 0.465. The molecule has 0 fully saturated rings. The molecular formula is C22H29N3O5S2. The predicted octanol–water partition coefficient (Wildman–Crippen LogP) is 3.08. The Bertz CT molecular complexity index is 1090. The van der Waals surface area contributed by atoms with E-state index in [0.29, 0.717) is 10.6 Å². The van der Waals surface area contributed by atoms with Crippen molar-refractivity contribution in [3.8, 4) is 0 Å². The molecule has 3 N–H and O–H groups in total. The van der Waals surface area contributed by atoms with Gasteiger partial charge in [0.2, 0.25) is 15.9 Å². The smallest absolute Gasteiger partial charge is 0.341 e. The number of anilines is 1. The SMILES string of the molecule is COC(=O)c1c(NC(=O)CN(C)C(C)c2ccc(S(N)(=O)=O)cc2)sc2c1CCCCC2. The monoisotopic (exact) mass is 479 g/mol. The lowest BCUT2D eigenvalue weighted by molar-refractivity contribution is -0.117. The van der Waals surface area contributed by atoms with Crippen LogP contribution in [-0.2, 0) is 32.4 Å². The van der Waals surface area contributed by atoms with Crippen molar-refractivity contribution in [2.45, 2.75) is 50.0 Å². The number of fused-ring (bicyclic) bond motifs is 1. The van der Waals surface area contributed by atoms with Crippen LogP contribution in [0.15, 0.2) is 29.2 Å². The number of carbonyl (C=O) groups is 2. The van der Waals surface area contributed by atoms with Gasteiger partial charge in [-0.05, 0) is 62.9 Å². The largest absolute Gasteiger partial charge is 0.465 e.